The minimum atomic E-state index is -0.510. The van der Waals surface area contributed by atoms with Crippen LogP contribution >= 0.6 is 11.6 Å². The molecule has 13 nitrogen and oxygen atoms in total. The van der Waals surface area contributed by atoms with E-state index in [2.05, 4.69) is 0 Å². The number of hydrogen-bond donors (Lipinski definition) is 0. The van der Waals surface area contributed by atoms with Crippen molar-refractivity contribution in [3.8, 4) is 0 Å². The van der Waals surface area contributed by atoms with E-state index in [4.69, 9.17) is 68.4 Å². The summed E-state index contributed by atoms with van der Waals surface area (Å²) < 4.78 is 64.3. The zero-order valence-corrected chi connectivity index (χ0v) is 26.7. The Hall–Kier alpha value is -0.680. The molecule has 0 aromatic rings. The van der Waals surface area contributed by atoms with Gasteiger partial charge in [0.25, 0.3) is 0 Å². The van der Waals surface area contributed by atoms with E-state index in [1.807, 2.05) is 20.8 Å². The monoisotopic (exact) mass is 634 g/mol. The van der Waals surface area contributed by atoms with Gasteiger partial charge in [-0.2, -0.15) is 0 Å². The van der Waals surface area contributed by atoms with Crippen LogP contribution in [0.1, 0.15) is 20.8 Å². The van der Waals surface area contributed by atoms with Gasteiger partial charge in [0.1, 0.15) is 12.2 Å². The Kier molecular flexibility index (Phi) is 32.7. The molecule has 0 N–H and O–H groups in total. The highest BCUT2D eigenvalue weighted by Gasteiger charge is 2.15. The van der Waals surface area contributed by atoms with Crippen LogP contribution in [0.25, 0.3) is 0 Å². The van der Waals surface area contributed by atoms with E-state index in [0.29, 0.717) is 145 Å². The van der Waals surface area contributed by atoms with E-state index in [0.717, 1.165) is 0 Å². The van der Waals surface area contributed by atoms with Gasteiger partial charge >= 0.3 is 5.97 Å². The first-order valence-electron chi connectivity index (χ1n) is 14.6. The second-order valence-corrected chi connectivity index (χ2v) is 9.83. The van der Waals surface area contributed by atoms with E-state index in [1.54, 1.807) is 0 Å². The number of halogens is 1. The summed E-state index contributed by atoms with van der Waals surface area (Å²) in [7, 11) is 0. The third-order valence-electron chi connectivity index (χ3n) is 4.58. The molecule has 14 heteroatoms. The number of ether oxygens (including phenoxy) is 12. The summed E-state index contributed by atoms with van der Waals surface area (Å²) in [5, 5.41) is 0. The lowest BCUT2D eigenvalue weighted by Gasteiger charge is -2.19. The molecule has 0 amide bonds. The molecule has 0 saturated heterocycles. The lowest BCUT2D eigenvalue weighted by molar-refractivity contribution is -0.160. The molecule has 42 heavy (non-hydrogen) atoms. The van der Waals surface area contributed by atoms with Crippen LogP contribution in [-0.2, 0) is 61.6 Å². The summed E-state index contributed by atoms with van der Waals surface area (Å²) in [6.07, 6.45) is 0. The molecule has 0 rings (SSSR count). The standard InChI is InChI=1S/C28H55ClO13/c1-28(2,3)42-27(30)26-41-25-24-40-23-22-39-21-20-38-19-18-37-17-16-36-15-14-35-13-12-34-11-10-33-9-8-32-7-6-31-5-4-29/h4-26H2,1-3H3. The highest BCUT2D eigenvalue weighted by Crippen LogP contribution is 2.06. The second kappa shape index (κ2) is 33.2. The zero-order valence-electron chi connectivity index (χ0n) is 25.9. The van der Waals surface area contributed by atoms with Crippen LogP contribution in [0.2, 0.25) is 0 Å². The van der Waals surface area contributed by atoms with Gasteiger partial charge in [-0.25, -0.2) is 4.79 Å². The van der Waals surface area contributed by atoms with Gasteiger partial charge in [-0.15, -0.1) is 11.6 Å². The average molecular weight is 635 g/mol. The lowest BCUT2D eigenvalue weighted by atomic mass is 10.2. The molecule has 252 valence electrons. The van der Waals surface area contributed by atoms with Crippen LogP contribution in [0.4, 0.5) is 0 Å². The van der Waals surface area contributed by atoms with Gasteiger partial charge in [-0.3, -0.25) is 0 Å². The Morgan fingerprint density at radius 2 is 0.619 bits per heavy atom. The van der Waals surface area contributed by atoms with Gasteiger partial charge in [0.2, 0.25) is 0 Å². The lowest BCUT2D eigenvalue weighted by Crippen LogP contribution is -2.27. The molecule has 0 aliphatic carbocycles. The number of hydrogen-bond acceptors (Lipinski definition) is 13. The Bertz CT molecular complexity index is 552. The molecule has 0 aliphatic heterocycles. The molecule has 0 aromatic carbocycles. The maximum Gasteiger partial charge on any atom is 0.332 e. The van der Waals surface area contributed by atoms with Crippen molar-refractivity contribution in [2.24, 2.45) is 0 Å². The Morgan fingerprint density at radius 1 is 0.405 bits per heavy atom. The molecule has 0 atom stereocenters. The minimum absolute atomic E-state index is 0.0825. The molecule has 0 fully saturated rings. The van der Waals surface area contributed by atoms with Crippen molar-refractivity contribution in [1.29, 1.82) is 0 Å². The zero-order chi connectivity index (χ0) is 30.8. The predicted molar refractivity (Wildman–Crippen MR) is 156 cm³/mol. The Balaban J connectivity index is 3.09. The maximum atomic E-state index is 11.5. The molecule has 0 saturated carbocycles. The summed E-state index contributed by atoms with van der Waals surface area (Å²) in [5.41, 5.74) is -0.510. The van der Waals surface area contributed by atoms with Gasteiger partial charge in [0.05, 0.1) is 139 Å². The van der Waals surface area contributed by atoms with Crippen molar-refractivity contribution in [2.75, 3.05) is 151 Å². The number of alkyl halides is 1. The second-order valence-electron chi connectivity index (χ2n) is 9.45. The molecule has 0 spiro atoms. The van der Waals surface area contributed by atoms with E-state index in [1.165, 1.54) is 0 Å². The van der Waals surface area contributed by atoms with Gasteiger partial charge < -0.3 is 56.8 Å². The molecular weight excluding hydrogens is 580 g/mol. The number of rotatable bonds is 34. The number of carbonyl (C=O) groups excluding carboxylic acids is 1. The van der Waals surface area contributed by atoms with Crippen molar-refractivity contribution in [3.05, 3.63) is 0 Å². The van der Waals surface area contributed by atoms with Crippen molar-refractivity contribution in [1.82, 2.24) is 0 Å². The Morgan fingerprint density at radius 3 is 0.833 bits per heavy atom. The molecule has 0 radical (unpaired) electrons. The normalized spacial score (nSPS) is 11.8. The van der Waals surface area contributed by atoms with E-state index >= 15 is 0 Å². The minimum Gasteiger partial charge on any atom is -0.458 e. The molecular formula is C28H55ClO13. The van der Waals surface area contributed by atoms with Crippen molar-refractivity contribution < 1.29 is 61.6 Å². The first-order chi connectivity index (χ1) is 20.5. The van der Waals surface area contributed by atoms with E-state index in [9.17, 15) is 4.79 Å². The fraction of sp³-hybridized carbons (Fsp3) is 0.964. The van der Waals surface area contributed by atoms with Crippen LogP contribution in [0, 0.1) is 0 Å². The maximum absolute atomic E-state index is 11.5. The van der Waals surface area contributed by atoms with Crippen LogP contribution in [-0.4, -0.2) is 163 Å². The van der Waals surface area contributed by atoms with E-state index in [-0.39, 0.29) is 12.6 Å². The van der Waals surface area contributed by atoms with Crippen molar-refractivity contribution >= 4 is 17.6 Å². The van der Waals surface area contributed by atoms with Crippen molar-refractivity contribution in [3.63, 3.8) is 0 Å². The molecule has 0 unspecified atom stereocenters. The van der Waals surface area contributed by atoms with Gasteiger partial charge in [-0.1, -0.05) is 0 Å². The summed E-state index contributed by atoms with van der Waals surface area (Å²) in [6, 6.07) is 0. The highest BCUT2D eigenvalue weighted by atomic mass is 35.5. The Labute approximate surface area is 256 Å². The number of esters is 1. The van der Waals surface area contributed by atoms with Crippen LogP contribution in [0.5, 0.6) is 0 Å². The van der Waals surface area contributed by atoms with E-state index < -0.39 is 5.60 Å². The summed E-state index contributed by atoms with van der Waals surface area (Å²) >= 11 is 5.50. The predicted octanol–water partition coefficient (Wildman–Crippen LogP) is 1.75. The fourth-order valence-electron chi connectivity index (χ4n) is 2.78. The highest BCUT2D eigenvalue weighted by molar-refractivity contribution is 6.17. The molecule has 0 bridgehead atoms. The molecule has 0 aliphatic rings. The number of carbonyl (C=O) groups is 1. The fourth-order valence-corrected chi connectivity index (χ4v) is 2.89. The summed E-state index contributed by atoms with van der Waals surface area (Å²) in [6.45, 7) is 15.6. The first-order valence-corrected chi connectivity index (χ1v) is 15.1. The third-order valence-corrected chi connectivity index (χ3v) is 4.74. The summed E-state index contributed by atoms with van der Waals surface area (Å²) in [4.78, 5) is 11.5. The van der Waals surface area contributed by atoms with Gasteiger partial charge in [0.15, 0.2) is 0 Å². The quantitative estimate of drug-likeness (QED) is 0.0580. The average Bonchev–Trinajstić information content (AvgIpc) is 2.94. The third kappa shape index (κ3) is 37.3. The van der Waals surface area contributed by atoms with Crippen LogP contribution in [0.15, 0.2) is 0 Å². The largest absolute Gasteiger partial charge is 0.458 e. The SMILES string of the molecule is CC(C)(C)OC(=O)COCCOCCOCCOCCOCCOCCOCCOCCOCCOCCOCCCl. The first kappa shape index (κ1) is 41.3. The smallest absolute Gasteiger partial charge is 0.332 e. The topological polar surface area (TPSA) is 128 Å². The summed E-state index contributed by atoms with van der Waals surface area (Å²) in [5.74, 6) is 0.108. The van der Waals surface area contributed by atoms with Crippen LogP contribution in [0.3, 0.4) is 0 Å². The van der Waals surface area contributed by atoms with Gasteiger partial charge in [0, 0.05) is 5.88 Å². The molecule has 0 heterocycles. The van der Waals surface area contributed by atoms with Gasteiger partial charge in [-0.05, 0) is 20.8 Å². The van der Waals surface area contributed by atoms with Crippen molar-refractivity contribution in [2.45, 2.75) is 26.4 Å². The van der Waals surface area contributed by atoms with Crippen LogP contribution < -0.4 is 0 Å². The molecule has 0 aromatic heterocycles.